The highest BCUT2D eigenvalue weighted by Gasteiger charge is 2.32. The van der Waals surface area contributed by atoms with Crippen molar-refractivity contribution in [2.45, 2.75) is 12.8 Å². The Morgan fingerprint density at radius 1 is 1.18 bits per heavy atom. The topological polar surface area (TPSA) is 49.9 Å². The second-order valence-corrected chi connectivity index (χ2v) is 8.09. The zero-order chi connectivity index (χ0) is 15.5. The van der Waals surface area contributed by atoms with E-state index >= 15 is 0 Å². The van der Waals surface area contributed by atoms with Gasteiger partial charge in [-0.2, -0.15) is 0 Å². The SMILES string of the molecule is O=C(c1ccc(Br)s1)N1CCCC(C(=O)N2CCOCC2)C1. The molecule has 1 atom stereocenters. The molecule has 2 aliphatic rings. The Bertz CT molecular complexity index is 557. The number of thiophene rings is 1. The Hall–Kier alpha value is -0.920. The van der Waals surface area contributed by atoms with Crippen LogP contribution in [0.1, 0.15) is 22.5 Å². The first-order chi connectivity index (χ1) is 10.6. The van der Waals surface area contributed by atoms with Crippen LogP contribution in [-0.2, 0) is 9.53 Å². The molecule has 22 heavy (non-hydrogen) atoms. The second kappa shape index (κ2) is 7.10. The van der Waals surface area contributed by atoms with Gasteiger partial charge in [-0.05, 0) is 40.9 Å². The number of amides is 2. The molecule has 2 amide bonds. The van der Waals surface area contributed by atoms with Crippen molar-refractivity contribution >= 4 is 39.1 Å². The van der Waals surface area contributed by atoms with E-state index in [9.17, 15) is 9.59 Å². The van der Waals surface area contributed by atoms with Crippen molar-refractivity contribution in [3.8, 4) is 0 Å². The molecule has 2 aliphatic heterocycles. The van der Waals surface area contributed by atoms with Crippen molar-refractivity contribution in [1.82, 2.24) is 9.80 Å². The minimum atomic E-state index is -0.0702. The average Bonchev–Trinajstić information content (AvgIpc) is 3.01. The lowest BCUT2D eigenvalue weighted by molar-refractivity contribution is -0.141. The molecule has 3 rings (SSSR count). The fraction of sp³-hybridized carbons (Fsp3) is 0.600. The van der Waals surface area contributed by atoms with Gasteiger partial charge in [0.25, 0.3) is 5.91 Å². The van der Waals surface area contributed by atoms with Crippen LogP contribution in [0.25, 0.3) is 0 Å². The third-order valence-electron chi connectivity index (χ3n) is 4.16. The third-order valence-corrected chi connectivity index (χ3v) is 5.78. The van der Waals surface area contributed by atoms with E-state index in [0.717, 1.165) is 28.0 Å². The maximum absolute atomic E-state index is 12.6. The third kappa shape index (κ3) is 3.52. The molecule has 1 aromatic heterocycles. The quantitative estimate of drug-likeness (QED) is 0.782. The number of halogens is 1. The number of piperidine rings is 1. The van der Waals surface area contributed by atoms with Crippen molar-refractivity contribution in [3.05, 3.63) is 20.8 Å². The summed E-state index contributed by atoms with van der Waals surface area (Å²) in [5, 5.41) is 0. The number of morpholine rings is 1. The molecule has 0 spiro atoms. The Balaban J connectivity index is 1.63. The standard InChI is InChI=1S/C15H19BrN2O3S/c16-13-4-3-12(22-13)15(20)18-5-1-2-11(10-18)14(19)17-6-8-21-9-7-17/h3-4,11H,1-2,5-10H2. The van der Waals surface area contributed by atoms with Gasteiger partial charge in [-0.25, -0.2) is 0 Å². The largest absolute Gasteiger partial charge is 0.378 e. The molecule has 2 saturated heterocycles. The highest BCUT2D eigenvalue weighted by Crippen LogP contribution is 2.26. The smallest absolute Gasteiger partial charge is 0.263 e. The van der Waals surface area contributed by atoms with Gasteiger partial charge in [0, 0.05) is 26.2 Å². The van der Waals surface area contributed by atoms with Gasteiger partial charge in [-0.15, -0.1) is 11.3 Å². The summed E-state index contributed by atoms with van der Waals surface area (Å²) in [5.74, 6) is 0.141. The molecule has 7 heteroatoms. The Morgan fingerprint density at radius 3 is 2.64 bits per heavy atom. The first-order valence-electron chi connectivity index (χ1n) is 7.56. The number of hydrogen-bond donors (Lipinski definition) is 0. The molecule has 1 unspecified atom stereocenters. The lowest BCUT2D eigenvalue weighted by Crippen LogP contribution is -2.49. The molecular weight excluding hydrogens is 368 g/mol. The van der Waals surface area contributed by atoms with E-state index in [0.29, 0.717) is 32.8 Å². The van der Waals surface area contributed by atoms with Gasteiger partial charge in [0.15, 0.2) is 0 Å². The highest BCUT2D eigenvalue weighted by atomic mass is 79.9. The van der Waals surface area contributed by atoms with Crippen LogP contribution in [0.15, 0.2) is 15.9 Å². The van der Waals surface area contributed by atoms with E-state index in [4.69, 9.17) is 4.74 Å². The molecule has 5 nitrogen and oxygen atoms in total. The second-order valence-electron chi connectivity index (χ2n) is 5.63. The van der Waals surface area contributed by atoms with Crippen molar-refractivity contribution in [2.24, 2.45) is 5.92 Å². The molecule has 3 heterocycles. The first kappa shape index (κ1) is 16.0. The summed E-state index contributed by atoms with van der Waals surface area (Å²) in [5.41, 5.74) is 0. The van der Waals surface area contributed by atoms with Gasteiger partial charge in [0.1, 0.15) is 0 Å². The number of rotatable bonds is 2. The summed E-state index contributed by atoms with van der Waals surface area (Å²) >= 11 is 4.83. The van der Waals surface area contributed by atoms with Crippen molar-refractivity contribution in [2.75, 3.05) is 39.4 Å². The van der Waals surface area contributed by atoms with Crippen LogP contribution in [-0.4, -0.2) is 61.0 Å². The minimum Gasteiger partial charge on any atom is -0.378 e. The maximum atomic E-state index is 12.6. The van der Waals surface area contributed by atoms with E-state index in [1.807, 2.05) is 21.9 Å². The van der Waals surface area contributed by atoms with Crippen molar-refractivity contribution in [3.63, 3.8) is 0 Å². The molecule has 120 valence electrons. The zero-order valence-electron chi connectivity index (χ0n) is 12.3. The lowest BCUT2D eigenvalue weighted by Gasteiger charge is -2.36. The Morgan fingerprint density at radius 2 is 1.95 bits per heavy atom. The van der Waals surface area contributed by atoms with Gasteiger partial charge < -0.3 is 14.5 Å². The van der Waals surface area contributed by atoms with E-state index in [1.165, 1.54) is 11.3 Å². The summed E-state index contributed by atoms with van der Waals surface area (Å²) < 4.78 is 6.25. The number of carbonyl (C=O) groups excluding carboxylic acids is 2. The van der Waals surface area contributed by atoms with Gasteiger partial charge >= 0.3 is 0 Å². The molecule has 0 N–H and O–H groups in total. The fourth-order valence-corrected chi connectivity index (χ4v) is 4.34. The number of nitrogens with zero attached hydrogens (tertiary/aromatic N) is 2. The monoisotopic (exact) mass is 386 g/mol. The zero-order valence-corrected chi connectivity index (χ0v) is 14.7. The van der Waals surface area contributed by atoms with E-state index in [-0.39, 0.29) is 17.7 Å². The van der Waals surface area contributed by atoms with E-state index in [1.54, 1.807) is 0 Å². The summed E-state index contributed by atoms with van der Waals surface area (Å²) in [6.45, 7) is 3.84. The maximum Gasteiger partial charge on any atom is 0.263 e. The van der Waals surface area contributed by atoms with Crippen LogP contribution in [0, 0.1) is 5.92 Å². The summed E-state index contributed by atoms with van der Waals surface area (Å²) in [7, 11) is 0. The normalized spacial score (nSPS) is 22.7. The molecule has 2 fully saturated rings. The molecule has 0 aliphatic carbocycles. The van der Waals surface area contributed by atoms with Crippen LogP contribution in [0.2, 0.25) is 0 Å². The molecule has 0 saturated carbocycles. The van der Waals surface area contributed by atoms with Crippen LogP contribution in [0.5, 0.6) is 0 Å². The van der Waals surface area contributed by atoms with Gasteiger partial charge in [-0.3, -0.25) is 9.59 Å². The number of likely N-dealkylation sites (tertiary alicyclic amines) is 1. The minimum absolute atomic E-state index is 0.0372. The van der Waals surface area contributed by atoms with Gasteiger partial charge in [0.2, 0.25) is 5.91 Å². The van der Waals surface area contributed by atoms with Crippen molar-refractivity contribution in [1.29, 1.82) is 0 Å². The highest BCUT2D eigenvalue weighted by molar-refractivity contribution is 9.11. The molecule has 0 aromatic carbocycles. The van der Waals surface area contributed by atoms with Crippen LogP contribution < -0.4 is 0 Å². The Labute approximate surface area is 142 Å². The summed E-state index contributed by atoms with van der Waals surface area (Å²) in [4.78, 5) is 29.5. The van der Waals surface area contributed by atoms with Gasteiger partial charge in [-0.1, -0.05) is 0 Å². The van der Waals surface area contributed by atoms with Crippen LogP contribution in [0.4, 0.5) is 0 Å². The number of hydrogen-bond acceptors (Lipinski definition) is 4. The summed E-state index contributed by atoms with van der Waals surface area (Å²) in [6, 6.07) is 3.72. The van der Waals surface area contributed by atoms with Crippen LogP contribution >= 0.6 is 27.3 Å². The van der Waals surface area contributed by atoms with Gasteiger partial charge in [0.05, 0.1) is 27.8 Å². The van der Waals surface area contributed by atoms with Crippen LogP contribution in [0.3, 0.4) is 0 Å². The van der Waals surface area contributed by atoms with E-state index < -0.39 is 0 Å². The lowest BCUT2D eigenvalue weighted by atomic mass is 9.96. The number of ether oxygens (including phenoxy) is 1. The van der Waals surface area contributed by atoms with Crippen molar-refractivity contribution < 1.29 is 14.3 Å². The molecule has 0 radical (unpaired) electrons. The fourth-order valence-electron chi connectivity index (χ4n) is 2.99. The predicted molar refractivity (Wildman–Crippen MR) is 88.0 cm³/mol. The Kier molecular flexibility index (Phi) is 5.15. The molecular formula is C15H19BrN2O3S. The predicted octanol–water partition coefficient (Wildman–Crippen LogP) is 2.22. The molecule has 0 bridgehead atoms. The number of carbonyl (C=O) groups is 2. The molecule has 1 aromatic rings. The average molecular weight is 387 g/mol. The first-order valence-corrected chi connectivity index (χ1v) is 9.17. The summed E-state index contributed by atoms with van der Waals surface area (Å²) in [6.07, 6.45) is 1.76. The van der Waals surface area contributed by atoms with E-state index in [2.05, 4.69) is 15.9 Å².